The molecule has 0 amide bonds. The lowest BCUT2D eigenvalue weighted by Gasteiger charge is -2.11. The van der Waals surface area contributed by atoms with Crippen LogP contribution in [0.25, 0.3) is 11.4 Å². The summed E-state index contributed by atoms with van der Waals surface area (Å²) in [7, 11) is 3.47. The van der Waals surface area contributed by atoms with E-state index in [2.05, 4.69) is 20.5 Å². The molecule has 0 atom stereocenters. The summed E-state index contributed by atoms with van der Waals surface area (Å²) in [5, 5.41) is 11.0. The molecule has 18 heavy (non-hydrogen) atoms. The smallest absolute Gasteiger partial charge is 0.184 e. The second kappa shape index (κ2) is 5.00. The van der Waals surface area contributed by atoms with Crippen LogP contribution in [0.5, 0.6) is 5.75 Å². The predicted octanol–water partition coefficient (Wildman–Crippen LogP) is 2.21. The van der Waals surface area contributed by atoms with Gasteiger partial charge in [-0.2, -0.15) is 5.10 Å². The topological polar surface area (TPSA) is 59.9 Å². The van der Waals surface area contributed by atoms with Crippen molar-refractivity contribution in [1.82, 2.24) is 15.2 Å². The van der Waals surface area contributed by atoms with Crippen molar-refractivity contribution >= 4 is 5.82 Å². The lowest BCUT2D eigenvalue weighted by Crippen LogP contribution is -2.00. The van der Waals surface area contributed by atoms with Crippen LogP contribution in [0, 0.1) is 13.8 Å². The lowest BCUT2D eigenvalue weighted by atomic mass is 10.0. The van der Waals surface area contributed by atoms with Crippen LogP contribution in [-0.4, -0.2) is 29.3 Å². The molecule has 5 heteroatoms. The molecule has 0 aliphatic rings. The number of nitrogens with one attached hydrogen (secondary N) is 1. The molecule has 0 saturated heterocycles. The SMILES string of the molecule is CNc1cnnc(-c2ccc(OC)c(C)c2C)n1. The van der Waals surface area contributed by atoms with E-state index in [-0.39, 0.29) is 0 Å². The Morgan fingerprint density at radius 2 is 1.94 bits per heavy atom. The third-order valence-electron chi connectivity index (χ3n) is 3.01. The number of hydrogen-bond acceptors (Lipinski definition) is 5. The highest BCUT2D eigenvalue weighted by atomic mass is 16.5. The summed E-state index contributed by atoms with van der Waals surface area (Å²) in [5.41, 5.74) is 3.16. The number of anilines is 1. The van der Waals surface area contributed by atoms with Crippen molar-refractivity contribution in [1.29, 1.82) is 0 Å². The summed E-state index contributed by atoms with van der Waals surface area (Å²) in [6.45, 7) is 4.05. The van der Waals surface area contributed by atoms with E-state index in [1.165, 1.54) is 0 Å². The molecule has 1 aromatic heterocycles. The van der Waals surface area contributed by atoms with Crippen molar-refractivity contribution in [2.24, 2.45) is 0 Å². The van der Waals surface area contributed by atoms with Crippen LogP contribution in [0.4, 0.5) is 5.82 Å². The van der Waals surface area contributed by atoms with Gasteiger partial charge in [0.05, 0.1) is 13.3 Å². The fourth-order valence-corrected chi connectivity index (χ4v) is 1.80. The van der Waals surface area contributed by atoms with E-state index in [0.717, 1.165) is 22.4 Å². The van der Waals surface area contributed by atoms with Gasteiger partial charge >= 0.3 is 0 Å². The second-order valence-electron chi connectivity index (χ2n) is 3.98. The molecule has 2 aromatic rings. The molecular formula is C13H16N4O. The average Bonchev–Trinajstić information content (AvgIpc) is 2.42. The number of aromatic nitrogens is 3. The van der Waals surface area contributed by atoms with E-state index in [4.69, 9.17) is 4.74 Å². The second-order valence-corrected chi connectivity index (χ2v) is 3.98. The molecule has 94 valence electrons. The van der Waals surface area contributed by atoms with Crippen molar-refractivity contribution in [3.63, 3.8) is 0 Å². The molecule has 0 radical (unpaired) electrons. The Labute approximate surface area is 106 Å². The van der Waals surface area contributed by atoms with Gasteiger partial charge in [0, 0.05) is 12.6 Å². The Morgan fingerprint density at radius 1 is 1.17 bits per heavy atom. The van der Waals surface area contributed by atoms with Crippen LogP contribution < -0.4 is 10.1 Å². The zero-order valence-electron chi connectivity index (χ0n) is 11.0. The first-order valence-electron chi connectivity index (χ1n) is 5.69. The Bertz CT molecular complexity index is 569. The van der Waals surface area contributed by atoms with Gasteiger partial charge in [-0.05, 0) is 37.1 Å². The van der Waals surface area contributed by atoms with Crippen LogP contribution in [0.3, 0.4) is 0 Å². The molecule has 0 aliphatic carbocycles. The van der Waals surface area contributed by atoms with Gasteiger partial charge in [0.15, 0.2) is 5.82 Å². The van der Waals surface area contributed by atoms with Crippen LogP contribution in [0.1, 0.15) is 11.1 Å². The molecule has 0 bridgehead atoms. The molecular weight excluding hydrogens is 228 g/mol. The molecule has 0 fully saturated rings. The van der Waals surface area contributed by atoms with Crippen molar-refractivity contribution < 1.29 is 4.74 Å². The average molecular weight is 244 g/mol. The third kappa shape index (κ3) is 2.11. The van der Waals surface area contributed by atoms with E-state index < -0.39 is 0 Å². The molecule has 1 heterocycles. The van der Waals surface area contributed by atoms with Crippen molar-refractivity contribution in [3.05, 3.63) is 29.5 Å². The van der Waals surface area contributed by atoms with E-state index in [9.17, 15) is 0 Å². The molecule has 2 rings (SSSR count). The first-order valence-corrected chi connectivity index (χ1v) is 5.69. The molecule has 0 unspecified atom stereocenters. The molecule has 0 aliphatic heterocycles. The first-order chi connectivity index (χ1) is 8.67. The molecule has 0 spiro atoms. The monoisotopic (exact) mass is 244 g/mol. The van der Waals surface area contributed by atoms with Crippen LogP contribution in [-0.2, 0) is 0 Å². The number of hydrogen-bond donors (Lipinski definition) is 1. The highest BCUT2D eigenvalue weighted by molar-refractivity contribution is 5.64. The van der Waals surface area contributed by atoms with Gasteiger partial charge in [-0.1, -0.05) is 0 Å². The Hall–Kier alpha value is -2.17. The van der Waals surface area contributed by atoms with Gasteiger partial charge in [0.1, 0.15) is 11.6 Å². The fraction of sp³-hybridized carbons (Fsp3) is 0.308. The number of ether oxygens (including phenoxy) is 1. The molecule has 1 N–H and O–H groups in total. The number of rotatable bonds is 3. The molecule has 0 saturated carbocycles. The summed E-state index contributed by atoms with van der Waals surface area (Å²) in [6, 6.07) is 3.88. The summed E-state index contributed by atoms with van der Waals surface area (Å²) < 4.78 is 5.29. The normalized spacial score (nSPS) is 10.2. The zero-order chi connectivity index (χ0) is 13.1. The van der Waals surface area contributed by atoms with Gasteiger partial charge in [0.25, 0.3) is 0 Å². The Balaban J connectivity index is 2.54. The van der Waals surface area contributed by atoms with Crippen molar-refractivity contribution in [2.75, 3.05) is 19.5 Å². The fourth-order valence-electron chi connectivity index (χ4n) is 1.80. The maximum Gasteiger partial charge on any atom is 0.184 e. The summed E-state index contributed by atoms with van der Waals surface area (Å²) in [5.74, 6) is 2.19. The lowest BCUT2D eigenvalue weighted by molar-refractivity contribution is 0.411. The van der Waals surface area contributed by atoms with Crippen LogP contribution >= 0.6 is 0 Å². The maximum absolute atomic E-state index is 5.29. The van der Waals surface area contributed by atoms with Gasteiger partial charge in [0.2, 0.25) is 0 Å². The highest BCUT2D eigenvalue weighted by Crippen LogP contribution is 2.29. The van der Waals surface area contributed by atoms with E-state index in [1.54, 1.807) is 20.4 Å². The van der Waals surface area contributed by atoms with E-state index >= 15 is 0 Å². The van der Waals surface area contributed by atoms with Gasteiger partial charge in [-0.3, -0.25) is 0 Å². The summed E-state index contributed by atoms with van der Waals surface area (Å²) >= 11 is 0. The minimum absolute atomic E-state index is 0.616. The minimum Gasteiger partial charge on any atom is -0.496 e. The number of methoxy groups -OCH3 is 1. The molecule has 5 nitrogen and oxygen atoms in total. The van der Waals surface area contributed by atoms with Crippen LogP contribution in [0.15, 0.2) is 18.3 Å². The predicted molar refractivity (Wildman–Crippen MR) is 70.8 cm³/mol. The number of benzene rings is 1. The maximum atomic E-state index is 5.29. The Morgan fingerprint density at radius 3 is 2.61 bits per heavy atom. The van der Waals surface area contributed by atoms with Gasteiger partial charge in [-0.15, -0.1) is 5.10 Å². The molecule has 1 aromatic carbocycles. The highest BCUT2D eigenvalue weighted by Gasteiger charge is 2.11. The number of nitrogens with zero attached hydrogens (tertiary/aromatic N) is 3. The summed E-state index contributed by atoms with van der Waals surface area (Å²) in [4.78, 5) is 4.39. The van der Waals surface area contributed by atoms with E-state index in [0.29, 0.717) is 11.6 Å². The van der Waals surface area contributed by atoms with E-state index in [1.807, 2.05) is 26.0 Å². The first kappa shape index (κ1) is 12.3. The van der Waals surface area contributed by atoms with Crippen LogP contribution in [0.2, 0.25) is 0 Å². The van der Waals surface area contributed by atoms with Gasteiger partial charge in [-0.25, -0.2) is 4.98 Å². The van der Waals surface area contributed by atoms with Crippen molar-refractivity contribution in [3.8, 4) is 17.1 Å². The Kier molecular flexibility index (Phi) is 3.41. The summed E-state index contributed by atoms with van der Waals surface area (Å²) in [6.07, 6.45) is 1.59. The minimum atomic E-state index is 0.616. The zero-order valence-corrected chi connectivity index (χ0v) is 11.0. The quantitative estimate of drug-likeness (QED) is 0.897. The van der Waals surface area contributed by atoms with Gasteiger partial charge < -0.3 is 10.1 Å². The largest absolute Gasteiger partial charge is 0.496 e. The standard InChI is InChI=1S/C13H16N4O/c1-8-9(2)11(18-4)6-5-10(8)13-16-12(14-3)7-15-17-13/h5-7H,1-4H3,(H,14,16,17). The third-order valence-corrected chi connectivity index (χ3v) is 3.01. The van der Waals surface area contributed by atoms with Crippen molar-refractivity contribution in [2.45, 2.75) is 13.8 Å².